The first-order valence-corrected chi connectivity index (χ1v) is 9.40. The summed E-state index contributed by atoms with van der Waals surface area (Å²) in [4.78, 5) is 26.5. The number of carbonyl (C=O) groups excluding carboxylic acids is 2. The highest BCUT2D eigenvalue weighted by atomic mass is 16.2. The van der Waals surface area contributed by atoms with E-state index in [0.29, 0.717) is 13.1 Å². The first-order chi connectivity index (χ1) is 13.4. The van der Waals surface area contributed by atoms with Crippen molar-refractivity contribution >= 4 is 17.5 Å². The van der Waals surface area contributed by atoms with E-state index in [9.17, 15) is 9.59 Å². The molecule has 0 aliphatic carbocycles. The van der Waals surface area contributed by atoms with Crippen LogP contribution in [0.3, 0.4) is 0 Å². The highest BCUT2D eigenvalue weighted by molar-refractivity contribution is 5.96. The van der Waals surface area contributed by atoms with Gasteiger partial charge in [-0.05, 0) is 37.5 Å². The number of amides is 2. The first-order valence-electron chi connectivity index (χ1n) is 9.40. The van der Waals surface area contributed by atoms with E-state index >= 15 is 0 Å². The quantitative estimate of drug-likeness (QED) is 0.657. The zero-order valence-electron chi connectivity index (χ0n) is 16.9. The predicted octanol–water partition coefficient (Wildman–Crippen LogP) is 3.35. The van der Waals surface area contributed by atoms with Crippen LogP contribution in [0.1, 0.15) is 22.3 Å². The average Bonchev–Trinajstić information content (AvgIpc) is 2.64. The van der Waals surface area contributed by atoms with Gasteiger partial charge in [0.1, 0.15) is 0 Å². The van der Waals surface area contributed by atoms with E-state index in [1.54, 1.807) is 6.08 Å². The van der Waals surface area contributed by atoms with Crippen LogP contribution >= 0.6 is 0 Å². The summed E-state index contributed by atoms with van der Waals surface area (Å²) >= 11 is 0. The Balaban J connectivity index is 1.86. The van der Waals surface area contributed by atoms with E-state index in [2.05, 4.69) is 17.2 Å². The number of aryl methyl sites for hydroxylation is 3. The Kier molecular flexibility index (Phi) is 7.96. The Labute approximate surface area is 167 Å². The van der Waals surface area contributed by atoms with Crippen LogP contribution in [-0.2, 0) is 16.1 Å². The molecular weight excluding hydrogens is 350 g/mol. The van der Waals surface area contributed by atoms with Crippen molar-refractivity contribution in [1.29, 1.82) is 0 Å². The van der Waals surface area contributed by atoms with Crippen LogP contribution in [0, 0.1) is 20.8 Å². The Hall–Kier alpha value is -2.92. The SMILES string of the molecule is C=CCN(CC(=O)NCC(=O)Nc1c(C)cc(C)cc1C)Cc1ccccc1. The molecule has 0 aliphatic heterocycles. The van der Waals surface area contributed by atoms with E-state index in [4.69, 9.17) is 0 Å². The van der Waals surface area contributed by atoms with Crippen molar-refractivity contribution in [3.63, 3.8) is 0 Å². The van der Waals surface area contributed by atoms with Crippen LogP contribution in [0.25, 0.3) is 0 Å². The fraction of sp³-hybridized carbons (Fsp3) is 0.304. The summed E-state index contributed by atoms with van der Waals surface area (Å²) in [6, 6.07) is 14.0. The minimum atomic E-state index is -0.235. The highest BCUT2D eigenvalue weighted by Gasteiger charge is 2.13. The van der Waals surface area contributed by atoms with Gasteiger partial charge >= 0.3 is 0 Å². The summed E-state index contributed by atoms with van der Waals surface area (Å²) in [6.07, 6.45) is 1.77. The zero-order valence-corrected chi connectivity index (χ0v) is 16.9. The topological polar surface area (TPSA) is 61.4 Å². The Bertz CT molecular complexity index is 808. The maximum absolute atomic E-state index is 12.3. The molecule has 0 radical (unpaired) electrons. The molecule has 2 aromatic carbocycles. The highest BCUT2D eigenvalue weighted by Crippen LogP contribution is 2.21. The van der Waals surface area contributed by atoms with Crippen molar-refractivity contribution in [1.82, 2.24) is 10.2 Å². The maximum atomic E-state index is 12.3. The minimum absolute atomic E-state index is 0.0567. The molecule has 5 nitrogen and oxygen atoms in total. The fourth-order valence-corrected chi connectivity index (χ4v) is 3.21. The Morgan fingerprint density at radius 3 is 2.29 bits per heavy atom. The largest absolute Gasteiger partial charge is 0.346 e. The van der Waals surface area contributed by atoms with Gasteiger partial charge < -0.3 is 10.6 Å². The molecule has 0 fully saturated rings. The van der Waals surface area contributed by atoms with Gasteiger partial charge in [-0.25, -0.2) is 0 Å². The van der Waals surface area contributed by atoms with Crippen molar-refractivity contribution in [3.8, 4) is 0 Å². The molecule has 148 valence electrons. The van der Waals surface area contributed by atoms with Gasteiger partial charge in [0.15, 0.2) is 0 Å². The molecule has 2 amide bonds. The third kappa shape index (κ3) is 6.67. The molecule has 0 saturated heterocycles. The lowest BCUT2D eigenvalue weighted by Crippen LogP contribution is -2.40. The number of benzene rings is 2. The van der Waals surface area contributed by atoms with Gasteiger partial charge in [0.05, 0.1) is 13.1 Å². The molecule has 2 N–H and O–H groups in total. The van der Waals surface area contributed by atoms with Gasteiger partial charge in [0, 0.05) is 18.8 Å². The van der Waals surface area contributed by atoms with Crippen LogP contribution in [0.2, 0.25) is 0 Å². The van der Waals surface area contributed by atoms with Crippen LogP contribution in [0.5, 0.6) is 0 Å². The van der Waals surface area contributed by atoms with Crippen molar-refractivity contribution in [2.45, 2.75) is 27.3 Å². The second-order valence-electron chi connectivity index (χ2n) is 7.04. The number of nitrogens with one attached hydrogen (secondary N) is 2. The van der Waals surface area contributed by atoms with Crippen LogP contribution < -0.4 is 10.6 Å². The van der Waals surface area contributed by atoms with Gasteiger partial charge in [-0.3, -0.25) is 14.5 Å². The monoisotopic (exact) mass is 379 g/mol. The second-order valence-corrected chi connectivity index (χ2v) is 7.04. The molecule has 2 aromatic rings. The van der Waals surface area contributed by atoms with E-state index < -0.39 is 0 Å². The molecule has 0 aliphatic rings. The van der Waals surface area contributed by atoms with E-state index in [1.165, 1.54) is 0 Å². The molecule has 0 heterocycles. The van der Waals surface area contributed by atoms with Crippen LogP contribution in [0.15, 0.2) is 55.1 Å². The molecule has 2 rings (SSSR count). The molecule has 0 bridgehead atoms. The summed E-state index contributed by atoms with van der Waals surface area (Å²) < 4.78 is 0. The maximum Gasteiger partial charge on any atom is 0.243 e. The third-order valence-corrected chi connectivity index (χ3v) is 4.39. The smallest absolute Gasteiger partial charge is 0.243 e. The van der Waals surface area contributed by atoms with Gasteiger partial charge in [-0.1, -0.05) is 54.1 Å². The summed E-state index contributed by atoms with van der Waals surface area (Å²) in [5, 5.41) is 5.60. The average molecular weight is 380 g/mol. The molecule has 0 spiro atoms. The van der Waals surface area contributed by atoms with Crippen molar-refractivity contribution in [3.05, 3.63) is 77.4 Å². The van der Waals surface area contributed by atoms with Gasteiger partial charge in [0.25, 0.3) is 0 Å². The van der Waals surface area contributed by atoms with Gasteiger partial charge in [0.2, 0.25) is 11.8 Å². The zero-order chi connectivity index (χ0) is 20.5. The van der Waals surface area contributed by atoms with Crippen LogP contribution in [0.4, 0.5) is 5.69 Å². The van der Waals surface area contributed by atoms with Crippen LogP contribution in [-0.4, -0.2) is 36.3 Å². The Morgan fingerprint density at radius 1 is 1.04 bits per heavy atom. The minimum Gasteiger partial charge on any atom is -0.346 e. The summed E-state index contributed by atoms with van der Waals surface area (Å²) in [5.41, 5.74) is 5.11. The van der Waals surface area contributed by atoms with Crippen molar-refractivity contribution in [2.75, 3.05) is 25.0 Å². The number of hydrogen-bond donors (Lipinski definition) is 2. The van der Waals surface area contributed by atoms with E-state index in [1.807, 2.05) is 68.1 Å². The number of nitrogens with zero attached hydrogens (tertiary/aromatic N) is 1. The molecule has 0 saturated carbocycles. The molecular formula is C23H29N3O2. The lowest BCUT2D eigenvalue weighted by atomic mass is 10.1. The second kappa shape index (κ2) is 10.4. The normalized spacial score (nSPS) is 10.6. The van der Waals surface area contributed by atoms with E-state index in [-0.39, 0.29) is 24.9 Å². The van der Waals surface area contributed by atoms with Gasteiger partial charge in [-0.15, -0.1) is 6.58 Å². The Morgan fingerprint density at radius 2 is 1.68 bits per heavy atom. The van der Waals surface area contributed by atoms with Gasteiger partial charge in [-0.2, -0.15) is 0 Å². The number of anilines is 1. The molecule has 0 aromatic heterocycles. The predicted molar refractivity (Wildman–Crippen MR) is 114 cm³/mol. The number of carbonyl (C=O) groups is 2. The molecule has 0 atom stereocenters. The summed E-state index contributed by atoms with van der Waals surface area (Å²) in [7, 11) is 0. The first kappa shape index (κ1) is 21.4. The molecule has 0 unspecified atom stereocenters. The molecule has 5 heteroatoms. The summed E-state index contributed by atoms with van der Waals surface area (Å²) in [5.74, 6) is -0.424. The van der Waals surface area contributed by atoms with Crippen molar-refractivity contribution < 1.29 is 9.59 Å². The standard InChI is InChI=1S/C23H29N3O2/c1-5-11-26(15-20-9-7-6-8-10-20)16-22(28)24-14-21(27)25-23-18(3)12-17(2)13-19(23)4/h5-10,12-13H,1,11,14-16H2,2-4H3,(H,24,28)(H,25,27). The lowest BCUT2D eigenvalue weighted by molar-refractivity contribution is -0.125. The summed E-state index contributed by atoms with van der Waals surface area (Å²) in [6.45, 7) is 11.1. The lowest BCUT2D eigenvalue weighted by Gasteiger charge is -2.20. The fourth-order valence-electron chi connectivity index (χ4n) is 3.21. The van der Waals surface area contributed by atoms with E-state index in [0.717, 1.165) is 27.9 Å². The number of hydrogen-bond acceptors (Lipinski definition) is 3. The van der Waals surface area contributed by atoms with Crippen molar-refractivity contribution in [2.24, 2.45) is 0 Å². The third-order valence-electron chi connectivity index (χ3n) is 4.39. The number of rotatable bonds is 9. The molecule has 28 heavy (non-hydrogen) atoms.